The third kappa shape index (κ3) is 4.80. The van der Waals surface area contributed by atoms with Gasteiger partial charge in [0.25, 0.3) is 0 Å². The lowest BCUT2D eigenvalue weighted by Gasteiger charge is -2.42. The van der Waals surface area contributed by atoms with Crippen LogP contribution in [0.15, 0.2) is 76.9 Å². The van der Waals surface area contributed by atoms with E-state index in [1.807, 2.05) is 24.3 Å². The summed E-state index contributed by atoms with van der Waals surface area (Å²) in [6, 6.07) is 13.2. The second-order valence-corrected chi connectivity index (χ2v) is 13.0. The smallest absolute Gasteiger partial charge is 0.233 e. The molecule has 9 nitrogen and oxygen atoms in total. The third-order valence-electron chi connectivity index (χ3n) is 10.6. The molecule has 3 aliphatic carbocycles. The maximum absolute atomic E-state index is 14.4. The molecule has 0 aromatic heterocycles. The van der Waals surface area contributed by atoms with Crippen molar-refractivity contribution >= 4 is 23.4 Å². The highest BCUT2D eigenvalue weighted by Gasteiger charge is 2.58. The number of methoxy groups -OCH3 is 2. The summed E-state index contributed by atoms with van der Waals surface area (Å²) in [5.41, 5.74) is 3.34. The summed E-state index contributed by atoms with van der Waals surface area (Å²) in [5.74, 6) is -2.79. The molecule has 2 fully saturated rings. The van der Waals surface area contributed by atoms with E-state index in [-0.39, 0.29) is 41.6 Å². The summed E-state index contributed by atoms with van der Waals surface area (Å²) in [5, 5.41) is 11.3. The van der Waals surface area contributed by atoms with Gasteiger partial charge in [-0.1, -0.05) is 42.0 Å². The van der Waals surface area contributed by atoms with Gasteiger partial charge in [0, 0.05) is 66.0 Å². The number of benzene rings is 2. The van der Waals surface area contributed by atoms with E-state index >= 15 is 0 Å². The first-order valence-corrected chi connectivity index (χ1v) is 16.0. The van der Waals surface area contributed by atoms with Crippen LogP contribution in [-0.4, -0.2) is 71.6 Å². The fourth-order valence-corrected chi connectivity index (χ4v) is 8.44. The Morgan fingerprint density at radius 3 is 2.37 bits per heavy atom. The van der Waals surface area contributed by atoms with E-state index in [0.717, 1.165) is 25.2 Å². The quantitative estimate of drug-likeness (QED) is 0.285. The minimum absolute atomic E-state index is 0.138. The number of aromatic hydroxyl groups is 1. The molecule has 2 aromatic rings. The van der Waals surface area contributed by atoms with Crippen molar-refractivity contribution in [3.8, 4) is 17.2 Å². The van der Waals surface area contributed by atoms with E-state index in [4.69, 9.17) is 9.47 Å². The van der Waals surface area contributed by atoms with Crippen molar-refractivity contribution in [2.24, 2.45) is 17.8 Å². The van der Waals surface area contributed by atoms with E-state index in [1.165, 1.54) is 36.8 Å². The number of carbonyl (C=O) groups excluding carboxylic acids is 4. The van der Waals surface area contributed by atoms with Gasteiger partial charge in [0.05, 0.1) is 26.1 Å². The molecule has 0 saturated carbocycles. The van der Waals surface area contributed by atoms with Gasteiger partial charge in [-0.15, -0.1) is 0 Å². The molecule has 9 heteroatoms. The topological polar surface area (TPSA) is 113 Å². The Morgan fingerprint density at radius 2 is 1.67 bits per heavy atom. The van der Waals surface area contributed by atoms with Gasteiger partial charge in [-0.3, -0.25) is 29.0 Å². The number of ether oxygens (including phenoxy) is 2. The van der Waals surface area contributed by atoms with Crippen LogP contribution >= 0.6 is 0 Å². The molecule has 2 saturated heterocycles. The van der Waals surface area contributed by atoms with Gasteiger partial charge >= 0.3 is 0 Å². The minimum atomic E-state index is -0.811. The number of piperidine rings is 1. The first-order chi connectivity index (χ1) is 22.2. The molecular formula is C37H38N2O7. The molecule has 2 heterocycles. The lowest BCUT2D eigenvalue weighted by molar-refractivity contribution is -0.144. The number of hydrogen-bond acceptors (Lipinski definition) is 8. The molecule has 1 N–H and O–H groups in total. The van der Waals surface area contributed by atoms with Gasteiger partial charge in [-0.25, -0.2) is 0 Å². The van der Waals surface area contributed by atoms with Crippen LogP contribution in [0.3, 0.4) is 0 Å². The molecule has 5 aliphatic rings. The van der Waals surface area contributed by atoms with Gasteiger partial charge in [-0.2, -0.15) is 0 Å². The van der Waals surface area contributed by atoms with Crippen LogP contribution in [0.1, 0.15) is 49.7 Å². The fraction of sp³-hybridized carbons (Fsp3) is 0.405. The van der Waals surface area contributed by atoms with Gasteiger partial charge in [0.2, 0.25) is 11.8 Å². The number of phenolic OH excluding ortho intramolecular Hbond substituents is 1. The zero-order valence-corrected chi connectivity index (χ0v) is 26.3. The summed E-state index contributed by atoms with van der Waals surface area (Å²) in [6.45, 7) is 4.03. The monoisotopic (exact) mass is 622 g/mol. The number of imide groups is 1. The Kier molecular flexibility index (Phi) is 7.67. The molecule has 0 spiro atoms. The van der Waals surface area contributed by atoms with Crippen molar-refractivity contribution in [1.82, 2.24) is 9.80 Å². The molecule has 2 aromatic carbocycles. The first-order valence-electron chi connectivity index (χ1n) is 16.0. The van der Waals surface area contributed by atoms with Crippen molar-refractivity contribution in [3.05, 3.63) is 88.0 Å². The Balaban J connectivity index is 1.22. The van der Waals surface area contributed by atoms with Crippen LogP contribution in [0.25, 0.3) is 0 Å². The zero-order chi connectivity index (χ0) is 32.3. The molecule has 2 amide bonds. The number of rotatable bonds is 6. The SMILES string of the molecule is COc1cc(O)c([C@H]2C3=CC[C@@H]4C(=O)N(C5CCN(Cc6ccccc6)CC5)C(=O)[C@@H]4[C@@H]3CC3=C2C(=O)C=C(C)C3=O)c(OC)c1. The highest BCUT2D eigenvalue weighted by atomic mass is 16.5. The zero-order valence-electron chi connectivity index (χ0n) is 26.3. The molecule has 238 valence electrons. The highest BCUT2D eigenvalue weighted by molar-refractivity contribution is 6.24. The number of phenols is 1. The molecule has 0 bridgehead atoms. The largest absolute Gasteiger partial charge is 0.507 e. The Morgan fingerprint density at radius 1 is 0.935 bits per heavy atom. The average molecular weight is 623 g/mol. The van der Waals surface area contributed by atoms with Crippen molar-refractivity contribution in [2.45, 2.75) is 51.1 Å². The van der Waals surface area contributed by atoms with E-state index in [0.29, 0.717) is 53.0 Å². The number of nitrogens with zero attached hydrogens (tertiary/aromatic N) is 2. The number of hydrogen-bond donors (Lipinski definition) is 1. The van der Waals surface area contributed by atoms with Crippen molar-refractivity contribution in [2.75, 3.05) is 27.3 Å². The normalized spacial score (nSPS) is 26.8. The Labute approximate surface area is 268 Å². The van der Waals surface area contributed by atoms with E-state index in [9.17, 15) is 24.3 Å². The summed E-state index contributed by atoms with van der Waals surface area (Å²) in [4.78, 5) is 59.5. The number of fused-ring (bicyclic) bond motifs is 3. The second-order valence-electron chi connectivity index (χ2n) is 13.0. The average Bonchev–Trinajstić information content (AvgIpc) is 3.32. The summed E-state index contributed by atoms with van der Waals surface area (Å²) < 4.78 is 11.0. The number of carbonyl (C=O) groups is 4. The van der Waals surface area contributed by atoms with Crippen LogP contribution in [0, 0.1) is 17.8 Å². The lowest BCUT2D eigenvalue weighted by atomic mass is 9.59. The number of ketones is 2. The van der Waals surface area contributed by atoms with Crippen molar-refractivity contribution < 1.29 is 33.8 Å². The fourth-order valence-electron chi connectivity index (χ4n) is 8.44. The molecule has 4 atom stereocenters. The Bertz CT molecular complexity index is 1730. The summed E-state index contributed by atoms with van der Waals surface area (Å²) in [6.07, 6.45) is 5.27. The van der Waals surface area contributed by atoms with E-state index in [2.05, 4.69) is 17.0 Å². The van der Waals surface area contributed by atoms with Gasteiger partial charge < -0.3 is 14.6 Å². The van der Waals surface area contributed by atoms with Crippen molar-refractivity contribution in [3.63, 3.8) is 0 Å². The lowest BCUT2D eigenvalue weighted by Crippen LogP contribution is -2.47. The molecule has 0 radical (unpaired) electrons. The Hall–Kier alpha value is -4.50. The molecule has 7 rings (SSSR count). The molecule has 46 heavy (non-hydrogen) atoms. The van der Waals surface area contributed by atoms with E-state index < -0.39 is 23.7 Å². The van der Waals surface area contributed by atoms with E-state index in [1.54, 1.807) is 13.0 Å². The number of amides is 2. The van der Waals surface area contributed by atoms with Crippen LogP contribution in [0.2, 0.25) is 0 Å². The predicted molar refractivity (Wildman–Crippen MR) is 169 cm³/mol. The maximum Gasteiger partial charge on any atom is 0.233 e. The summed E-state index contributed by atoms with van der Waals surface area (Å²) in [7, 11) is 2.95. The van der Waals surface area contributed by atoms with Crippen LogP contribution < -0.4 is 9.47 Å². The van der Waals surface area contributed by atoms with Crippen LogP contribution in [0.5, 0.6) is 17.2 Å². The number of likely N-dealkylation sites (tertiary alicyclic amines) is 2. The van der Waals surface area contributed by atoms with Gasteiger partial charge in [-0.05, 0) is 50.2 Å². The van der Waals surface area contributed by atoms with Gasteiger partial charge in [0.1, 0.15) is 17.2 Å². The standard InChI is InChI=1S/C37H38N2O7/c1-20-15-28(40)32-27(35(20)42)18-26-24(33(32)34-29(41)16-23(45-2)17-30(34)46-3)9-10-25-31(26)37(44)39(36(25)43)22-11-13-38(14-12-22)19-21-7-5-4-6-8-21/h4-9,15-17,22,25-26,31,33,41H,10-14,18-19H2,1-3H3/t25-,26+,31-,33-/m0/s1. The first kappa shape index (κ1) is 30.2. The second kappa shape index (κ2) is 11.7. The highest BCUT2D eigenvalue weighted by Crippen LogP contribution is 2.58. The third-order valence-corrected chi connectivity index (χ3v) is 10.6. The maximum atomic E-state index is 14.4. The van der Waals surface area contributed by atoms with Crippen molar-refractivity contribution in [1.29, 1.82) is 0 Å². The molecule has 2 aliphatic heterocycles. The van der Waals surface area contributed by atoms with Crippen LogP contribution in [-0.2, 0) is 25.7 Å². The minimum Gasteiger partial charge on any atom is -0.507 e. The predicted octanol–water partition coefficient (Wildman–Crippen LogP) is 4.50. The molecule has 0 unspecified atom stereocenters. The van der Waals surface area contributed by atoms with Crippen LogP contribution in [0.4, 0.5) is 0 Å². The van der Waals surface area contributed by atoms with Gasteiger partial charge in [0.15, 0.2) is 11.6 Å². The number of Topliss-reactive ketones (excluding diaryl/α,β-unsaturated/α-hetero) is 1. The summed E-state index contributed by atoms with van der Waals surface area (Å²) >= 11 is 0. The molecular weight excluding hydrogens is 584 g/mol. The number of allylic oxidation sites excluding steroid dienone is 6.